The Balaban J connectivity index is 1.82. The zero-order valence-corrected chi connectivity index (χ0v) is 11.5. The van der Waals surface area contributed by atoms with Crippen molar-refractivity contribution in [3.63, 3.8) is 0 Å². The number of halogens is 3. The second-order valence-corrected chi connectivity index (χ2v) is 5.85. The molecular formula is C13H22F3N3. The van der Waals surface area contributed by atoms with Crippen molar-refractivity contribution < 1.29 is 13.2 Å². The van der Waals surface area contributed by atoms with Crippen molar-refractivity contribution in [2.75, 3.05) is 13.1 Å². The highest BCUT2D eigenvalue weighted by Gasteiger charge is 2.33. The molecule has 6 heteroatoms. The number of fused-ring (bicyclic) bond motifs is 1. The van der Waals surface area contributed by atoms with Crippen LogP contribution in [0.15, 0.2) is 4.99 Å². The molecule has 2 heterocycles. The van der Waals surface area contributed by atoms with E-state index >= 15 is 0 Å². The lowest BCUT2D eigenvalue weighted by atomic mass is 9.95. The quantitative estimate of drug-likeness (QED) is 0.859. The van der Waals surface area contributed by atoms with Crippen LogP contribution in [0.1, 0.15) is 39.5 Å². The number of alkyl halides is 3. The summed E-state index contributed by atoms with van der Waals surface area (Å²) in [5, 5.41) is 3.15. The molecule has 0 amide bonds. The van der Waals surface area contributed by atoms with Crippen molar-refractivity contribution in [3.8, 4) is 0 Å². The number of rotatable bonds is 3. The van der Waals surface area contributed by atoms with Crippen molar-refractivity contribution in [3.05, 3.63) is 0 Å². The molecule has 1 N–H and O–H groups in total. The molecule has 2 rings (SSSR count). The molecule has 2 aliphatic heterocycles. The Labute approximate surface area is 112 Å². The molecule has 3 nitrogen and oxygen atoms in total. The van der Waals surface area contributed by atoms with Crippen LogP contribution in [0.25, 0.3) is 0 Å². The fourth-order valence-electron chi connectivity index (χ4n) is 2.74. The molecule has 0 aromatic heterocycles. The van der Waals surface area contributed by atoms with Gasteiger partial charge in [-0.05, 0) is 32.1 Å². The number of hydrogen-bond acceptors (Lipinski definition) is 3. The van der Waals surface area contributed by atoms with Crippen molar-refractivity contribution in [2.24, 2.45) is 10.9 Å². The Hall–Kier alpha value is -0.940. The maximum Gasteiger partial charge on any atom is 0.389 e. The predicted octanol–water partition coefficient (Wildman–Crippen LogP) is 2.78. The van der Waals surface area contributed by atoms with Crippen molar-refractivity contribution in [1.82, 2.24) is 10.2 Å². The summed E-state index contributed by atoms with van der Waals surface area (Å²) < 4.78 is 36.5. The number of nitrogens with zero attached hydrogens (tertiary/aromatic N) is 2. The van der Waals surface area contributed by atoms with Crippen LogP contribution in [0.2, 0.25) is 0 Å². The van der Waals surface area contributed by atoms with Gasteiger partial charge >= 0.3 is 6.18 Å². The molecule has 0 saturated carbocycles. The first-order valence-electron chi connectivity index (χ1n) is 6.99. The Kier molecular flexibility index (Phi) is 4.26. The van der Waals surface area contributed by atoms with E-state index in [4.69, 9.17) is 0 Å². The van der Waals surface area contributed by atoms with E-state index in [2.05, 4.69) is 22.1 Å². The summed E-state index contributed by atoms with van der Waals surface area (Å²) in [6.45, 7) is 5.73. The summed E-state index contributed by atoms with van der Waals surface area (Å²) >= 11 is 0. The van der Waals surface area contributed by atoms with Gasteiger partial charge in [-0.3, -0.25) is 4.99 Å². The van der Waals surface area contributed by atoms with Crippen LogP contribution in [-0.2, 0) is 0 Å². The predicted molar refractivity (Wildman–Crippen MR) is 69.1 cm³/mol. The Morgan fingerprint density at radius 2 is 2.16 bits per heavy atom. The molecule has 0 aliphatic carbocycles. The third-order valence-electron chi connectivity index (χ3n) is 3.90. The topological polar surface area (TPSA) is 27.6 Å². The summed E-state index contributed by atoms with van der Waals surface area (Å²) in [5.74, 6) is 1.43. The zero-order chi connectivity index (χ0) is 14.0. The highest BCUT2D eigenvalue weighted by Crippen LogP contribution is 2.26. The monoisotopic (exact) mass is 277 g/mol. The van der Waals surface area contributed by atoms with Gasteiger partial charge in [0.2, 0.25) is 0 Å². The molecule has 0 spiro atoms. The molecule has 3 unspecified atom stereocenters. The van der Waals surface area contributed by atoms with Gasteiger partial charge in [0.1, 0.15) is 0 Å². The van der Waals surface area contributed by atoms with E-state index in [-0.39, 0.29) is 12.5 Å². The van der Waals surface area contributed by atoms with Gasteiger partial charge in [0.25, 0.3) is 0 Å². The van der Waals surface area contributed by atoms with Gasteiger partial charge in [0, 0.05) is 19.0 Å². The van der Waals surface area contributed by atoms with Gasteiger partial charge in [-0.2, -0.15) is 13.2 Å². The van der Waals surface area contributed by atoms with Gasteiger partial charge in [-0.15, -0.1) is 0 Å². The van der Waals surface area contributed by atoms with Crippen molar-refractivity contribution in [1.29, 1.82) is 0 Å². The molecule has 1 fully saturated rings. The summed E-state index contributed by atoms with van der Waals surface area (Å²) in [4.78, 5) is 6.68. The number of nitrogens with one attached hydrogen (secondary N) is 1. The van der Waals surface area contributed by atoms with E-state index in [1.54, 1.807) is 6.92 Å². The van der Waals surface area contributed by atoms with Crippen LogP contribution in [0.4, 0.5) is 13.2 Å². The van der Waals surface area contributed by atoms with Gasteiger partial charge in [-0.1, -0.05) is 6.92 Å². The second kappa shape index (κ2) is 5.59. The molecule has 0 aromatic rings. The molecule has 1 saturated heterocycles. The minimum Gasteiger partial charge on any atom is -0.354 e. The third kappa shape index (κ3) is 4.01. The maximum absolute atomic E-state index is 12.2. The highest BCUT2D eigenvalue weighted by atomic mass is 19.4. The van der Waals surface area contributed by atoms with Gasteiger partial charge in [0.15, 0.2) is 5.96 Å². The standard InChI is InChI=1S/C13H22F3N3/c1-9-3-4-11-7-17-12(19(11)8-9)18-10(2)5-6-13(14,15)16/h9-11H,3-8H2,1-2H3,(H,17,18). The average molecular weight is 277 g/mol. The van der Waals surface area contributed by atoms with Crippen LogP contribution < -0.4 is 5.32 Å². The molecule has 110 valence electrons. The smallest absolute Gasteiger partial charge is 0.354 e. The first-order valence-corrected chi connectivity index (χ1v) is 6.99. The first kappa shape index (κ1) is 14.5. The first-order chi connectivity index (χ1) is 8.85. The summed E-state index contributed by atoms with van der Waals surface area (Å²) in [6.07, 6.45) is -2.37. The molecule has 0 bridgehead atoms. The minimum atomic E-state index is -4.07. The van der Waals surface area contributed by atoms with E-state index in [9.17, 15) is 13.2 Å². The maximum atomic E-state index is 12.2. The normalized spacial score (nSPS) is 28.9. The van der Waals surface area contributed by atoms with Gasteiger partial charge in [-0.25, -0.2) is 0 Å². The number of aliphatic imine (C=N–C) groups is 1. The molecule has 0 aromatic carbocycles. The molecule has 19 heavy (non-hydrogen) atoms. The van der Waals surface area contributed by atoms with Crippen LogP contribution in [0.3, 0.4) is 0 Å². The Morgan fingerprint density at radius 3 is 2.84 bits per heavy atom. The number of piperidine rings is 1. The number of guanidine groups is 1. The van der Waals surface area contributed by atoms with Crippen molar-refractivity contribution in [2.45, 2.75) is 57.8 Å². The number of hydrogen-bond donors (Lipinski definition) is 1. The van der Waals surface area contributed by atoms with E-state index in [0.29, 0.717) is 12.0 Å². The molecular weight excluding hydrogens is 255 g/mol. The van der Waals surface area contributed by atoms with E-state index in [1.165, 1.54) is 6.42 Å². The van der Waals surface area contributed by atoms with Gasteiger partial charge < -0.3 is 10.2 Å². The van der Waals surface area contributed by atoms with E-state index in [1.807, 2.05) is 0 Å². The largest absolute Gasteiger partial charge is 0.389 e. The zero-order valence-electron chi connectivity index (χ0n) is 11.5. The summed E-state index contributed by atoms with van der Waals surface area (Å²) in [5.41, 5.74) is 0. The molecule has 0 radical (unpaired) electrons. The second-order valence-electron chi connectivity index (χ2n) is 5.85. The highest BCUT2D eigenvalue weighted by molar-refractivity contribution is 5.82. The van der Waals surface area contributed by atoms with Crippen LogP contribution in [0.5, 0.6) is 0 Å². The molecule has 2 aliphatic rings. The fourth-order valence-corrected chi connectivity index (χ4v) is 2.74. The lowest BCUT2D eigenvalue weighted by molar-refractivity contribution is -0.136. The minimum absolute atomic E-state index is 0.0938. The van der Waals surface area contributed by atoms with Crippen molar-refractivity contribution >= 4 is 5.96 Å². The fraction of sp³-hybridized carbons (Fsp3) is 0.923. The lowest BCUT2D eigenvalue weighted by Crippen LogP contribution is -2.50. The third-order valence-corrected chi connectivity index (χ3v) is 3.90. The Bertz CT molecular complexity index is 341. The van der Waals surface area contributed by atoms with E-state index in [0.717, 1.165) is 25.5 Å². The van der Waals surface area contributed by atoms with E-state index < -0.39 is 12.6 Å². The lowest BCUT2D eigenvalue weighted by Gasteiger charge is -2.36. The SMILES string of the molecule is CC1CCC2CN=C(NC(C)CCC(F)(F)F)N2C1. The average Bonchev–Trinajstić information content (AvgIpc) is 2.68. The summed E-state index contributed by atoms with van der Waals surface area (Å²) in [7, 11) is 0. The Morgan fingerprint density at radius 1 is 1.42 bits per heavy atom. The van der Waals surface area contributed by atoms with Crippen LogP contribution in [-0.4, -0.2) is 42.2 Å². The summed E-state index contributed by atoms with van der Waals surface area (Å²) in [6, 6.07) is 0.255. The van der Waals surface area contributed by atoms with Crippen LogP contribution >= 0.6 is 0 Å². The van der Waals surface area contributed by atoms with Crippen LogP contribution in [0, 0.1) is 5.92 Å². The van der Waals surface area contributed by atoms with Gasteiger partial charge in [0.05, 0.1) is 12.6 Å². The molecule has 3 atom stereocenters.